The number of nitrogens with one attached hydrogen (secondary N) is 2. The number of anilines is 1. The van der Waals surface area contributed by atoms with E-state index in [4.69, 9.17) is 10.7 Å². The normalized spacial score (nSPS) is 13.3. The number of rotatable bonds is 8. The zero-order chi connectivity index (χ0) is 29.4. The maximum absolute atomic E-state index is 14.0. The SMILES string of the molecule is CC[S+]([O-])c1c(-c2nc3cc(C(F)(F)C(F)(F)F)cnc3n2C)nc(/C(C=N)=C/Nc2cccc(C#N)c2)n1C. The van der Waals surface area contributed by atoms with Crippen LogP contribution in [0.25, 0.3) is 28.3 Å². The van der Waals surface area contributed by atoms with Gasteiger partial charge in [-0.3, -0.25) is 4.57 Å². The summed E-state index contributed by atoms with van der Waals surface area (Å²) in [6.45, 7) is 1.67. The molecule has 0 amide bonds. The first-order valence-corrected chi connectivity index (χ1v) is 12.9. The Bertz CT molecular complexity index is 1670. The second-order valence-electron chi connectivity index (χ2n) is 8.50. The van der Waals surface area contributed by atoms with Crippen molar-refractivity contribution < 1.29 is 26.5 Å². The van der Waals surface area contributed by atoms with E-state index in [2.05, 4.69) is 20.3 Å². The largest absolute Gasteiger partial charge is 0.610 e. The van der Waals surface area contributed by atoms with Gasteiger partial charge in [0.2, 0.25) is 0 Å². The molecule has 0 saturated heterocycles. The van der Waals surface area contributed by atoms with Crippen LogP contribution in [0, 0.1) is 16.7 Å². The Balaban J connectivity index is 1.85. The van der Waals surface area contributed by atoms with Crippen molar-refractivity contribution in [1.82, 2.24) is 24.1 Å². The maximum atomic E-state index is 14.0. The molecule has 0 aliphatic rings. The van der Waals surface area contributed by atoms with E-state index in [-0.39, 0.29) is 44.9 Å². The molecule has 0 spiro atoms. The number of pyridine rings is 1. The molecule has 4 rings (SSSR count). The quantitative estimate of drug-likeness (QED) is 0.170. The van der Waals surface area contributed by atoms with Gasteiger partial charge in [-0.15, -0.1) is 0 Å². The lowest BCUT2D eigenvalue weighted by Gasteiger charge is -2.19. The number of fused-ring (bicyclic) bond motifs is 1. The van der Waals surface area contributed by atoms with Crippen molar-refractivity contribution in [3.05, 3.63) is 59.7 Å². The molecule has 0 aliphatic carbocycles. The Morgan fingerprint density at radius 3 is 2.52 bits per heavy atom. The van der Waals surface area contributed by atoms with Crippen molar-refractivity contribution in [2.45, 2.75) is 24.0 Å². The summed E-state index contributed by atoms with van der Waals surface area (Å²) in [5.74, 6) is -4.72. The van der Waals surface area contributed by atoms with Gasteiger partial charge in [-0.2, -0.15) is 27.2 Å². The Hall–Kier alpha value is -4.29. The standard InChI is InChI=1S/C25H21F5N8OS/c1-4-40(39)23-19(22-35-18-9-16(13-34-21(18)37(22)2)24(26,27)25(28,29)30)36-20(38(23)3)15(11-32)12-33-17-7-5-6-14(8-17)10-31/h5-9,11-13,32-33H,4H2,1-3H3/b15-12+,32-11?. The maximum Gasteiger partial charge on any atom is 0.458 e. The number of nitriles is 1. The van der Waals surface area contributed by atoms with Gasteiger partial charge in [0.25, 0.3) is 5.03 Å². The smallest absolute Gasteiger partial charge is 0.458 e. The van der Waals surface area contributed by atoms with Crippen molar-refractivity contribution >= 4 is 39.8 Å². The van der Waals surface area contributed by atoms with Gasteiger partial charge in [-0.05, 0) is 31.2 Å². The summed E-state index contributed by atoms with van der Waals surface area (Å²) >= 11 is -1.62. The predicted octanol–water partition coefficient (Wildman–Crippen LogP) is 5.12. The van der Waals surface area contributed by atoms with Crippen molar-refractivity contribution in [3.8, 4) is 17.6 Å². The minimum absolute atomic E-state index is 0.0130. The summed E-state index contributed by atoms with van der Waals surface area (Å²) in [5.41, 5.74) is -0.257. The second-order valence-corrected chi connectivity index (χ2v) is 10.2. The fraction of sp³-hybridized carbons (Fsp3) is 0.240. The van der Waals surface area contributed by atoms with Crippen LogP contribution in [-0.4, -0.2) is 46.8 Å². The van der Waals surface area contributed by atoms with Crippen LogP contribution in [0.4, 0.5) is 27.6 Å². The van der Waals surface area contributed by atoms with E-state index in [0.29, 0.717) is 23.5 Å². The lowest BCUT2D eigenvalue weighted by atomic mass is 10.1. The number of nitrogens with zero attached hydrogens (tertiary/aromatic N) is 6. The molecule has 0 aliphatic heterocycles. The monoisotopic (exact) mass is 576 g/mol. The average molecular weight is 577 g/mol. The fourth-order valence-corrected chi connectivity index (χ4v) is 4.94. The van der Waals surface area contributed by atoms with Gasteiger partial charge in [-0.1, -0.05) is 6.07 Å². The summed E-state index contributed by atoms with van der Waals surface area (Å²) in [6, 6.07) is 9.25. The predicted molar refractivity (Wildman–Crippen MR) is 139 cm³/mol. The molecule has 1 aromatic carbocycles. The van der Waals surface area contributed by atoms with Gasteiger partial charge in [0, 0.05) is 49.6 Å². The molecule has 0 radical (unpaired) electrons. The van der Waals surface area contributed by atoms with Crippen LogP contribution in [0.2, 0.25) is 0 Å². The Morgan fingerprint density at radius 1 is 1.18 bits per heavy atom. The van der Waals surface area contributed by atoms with Gasteiger partial charge >= 0.3 is 12.1 Å². The van der Waals surface area contributed by atoms with Crippen LogP contribution >= 0.6 is 0 Å². The van der Waals surface area contributed by atoms with Gasteiger partial charge in [0.1, 0.15) is 17.1 Å². The molecule has 0 fully saturated rings. The topological polar surface area (TPSA) is 131 Å². The first-order valence-electron chi connectivity index (χ1n) is 11.5. The van der Waals surface area contributed by atoms with E-state index in [9.17, 15) is 26.5 Å². The van der Waals surface area contributed by atoms with Gasteiger partial charge in [0.15, 0.2) is 17.2 Å². The molecule has 1 unspecified atom stereocenters. The number of halogens is 5. The first kappa shape index (κ1) is 28.7. The zero-order valence-electron chi connectivity index (χ0n) is 21.2. The summed E-state index contributed by atoms with van der Waals surface area (Å²) in [5, 5.41) is 20.2. The van der Waals surface area contributed by atoms with E-state index in [1.165, 1.54) is 22.4 Å². The molecule has 0 bridgehead atoms. The summed E-state index contributed by atoms with van der Waals surface area (Å²) < 4.78 is 82.6. The number of hydrogen-bond acceptors (Lipinski definition) is 7. The van der Waals surface area contributed by atoms with Gasteiger partial charge in [-0.25, -0.2) is 15.0 Å². The summed E-state index contributed by atoms with van der Waals surface area (Å²) in [6.07, 6.45) is -2.90. The Labute approximate surface area is 227 Å². The molecule has 15 heteroatoms. The highest BCUT2D eigenvalue weighted by atomic mass is 32.2. The highest BCUT2D eigenvalue weighted by Gasteiger charge is 2.59. The van der Waals surface area contributed by atoms with Gasteiger partial charge in [0.05, 0.1) is 22.8 Å². The molecule has 4 aromatic rings. The second kappa shape index (κ2) is 10.7. The Morgan fingerprint density at radius 2 is 1.90 bits per heavy atom. The zero-order valence-corrected chi connectivity index (χ0v) is 22.0. The molecule has 3 heterocycles. The highest BCUT2D eigenvalue weighted by Crippen LogP contribution is 2.44. The molecule has 2 N–H and O–H groups in total. The molecule has 1 atom stereocenters. The van der Waals surface area contributed by atoms with Crippen molar-refractivity contribution in [2.75, 3.05) is 11.1 Å². The third-order valence-electron chi connectivity index (χ3n) is 5.96. The third-order valence-corrected chi connectivity index (χ3v) is 7.38. The number of aryl methyl sites for hydroxylation is 1. The van der Waals surface area contributed by atoms with E-state index in [1.54, 1.807) is 38.2 Å². The number of imidazole rings is 2. The average Bonchev–Trinajstić information content (AvgIpc) is 3.44. The summed E-state index contributed by atoms with van der Waals surface area (Å²) in [7, 11) is 3.05. The highest BCUT2D eigenvalue weighted by molar-refractivity contribution is 7.91. The third kappa shape index (κ3) is 5.03. The van der Waals surface area contributed by atoms with Crippen LogP contribution < -0.4 is 5.32 Å². The fourth-order valence-electron chi connectivity index (χ4n) is 3.92. The molecule has 208 valence electrons. The minimum Gasteiger partial charge on any atom is -0.610 e. The lowest BCUT2D eigenvalue weighted by Crippen LogP contribution is -2.33. The van der Waals surface area contributed by atoms with Crippen LogP contribution in [0.1, 0.15) is 23.9 Å². The summed E-state index contributed by atoms with van der Waals surface area (Å²) in [4.78, 5) is 12.6. The molecular formula is C25H21F5N8OS. The van der Waals surface area contributed by atoms with Crippen LogP contribution in [0.3, 0.4) is 0 Å². The van der Waals surface area contributed by atoms with Crippen molar-refractivity contribution in [1.29, 1.82) is 10.7 Å². The minimum atomic E-state index is -5.82. The van der Waals surface area contributed by atoms with Crippen LogP contribution in [0.15, 0.2) is 47.8 Å². The number of benzene rings is 1. The van der Waals surface area contributed by atoms with Crippen molar-refractivity contribution in [2.24, 2.45) is 14.1 Å². The molecule has 9 nitrogen and oxygen atoms in total. The number of alkyl halides is 5. The van der Waals surface area contributed by atoms with E-state index < -0.39 is 28.8 Å². The van der Waals surface area contributed by atoms with E-state index in [0.717, 1.165) is 6.21 Å². The lowest BCUT2D eigenvalue weighted by molar-refractivity contribution is -0.289. The molecular weight excluding hydrogens is 555 g/mol. The number of aromatic nitrogens is 5. The Kier molecular flexibility index (Phi) is 7.68. The molecule has 0 saturated carbocycles. The molecule has 3 aromatic heterocycles. The van der Waals surface area contributed by atoms with Crippen LogP contribution in [0.5, 0.6) is 0 Å². The van der Waals surface area contributed by atoms with E-state index in [1.807, 2.05) is 6.07 Å². The first-order chi connectivity index (χ1) is 18.8. The molecule has 40 heavy (non-hydrogen) atoms. The van der Waals surface area contributed by atoms with E-state index >= 15 is 0 Å². The van der Waals surface area contributed by atoms with Crippen molar-refractivity contribution in [3.63, 3.8) is 0 Å². The number of allylic oxidation sites excluding steroid dienone is 1. The van der Waals surface area contributed by atoms with Crippen LogP contribution in [-0.2, 0) is 31.2 Å². The number of hydrogen-bond donors (Lipinski definition) is 2. The van der Waals surface area contributed by atoms with Gasteiger partial charge < -0.3 is 19.8 Å².